The van der Waals surface area contributed by atoms with Gasteiger partial charge in [-0.25, -0.2) is 4.98 Å². The minimum absolute atomic E-state index is 0.0808. The third kappa shape index (κ3) is 5.26. The minimum atomic E-state index is 0.0808. The molecule has 0 spiro atoms. The van der Waals surface area contributed by atoms with Crippen molar-refractivity contribution in [1.82, 2.24) is 19.7 Å². The van der Waals surface area contributed by atoms with Gasteiger partial charge in [-0.1, -0.05) is 29.8 Å². The van der Waals surface area contributed by atoms with Crippen molar-refractivity contribution in [3.63, 3.8) is 0 Å². The molecule has 0 radical (unpaired) electrons. The minimum Gasteiger partial charge on any atom is -0.378 e. The van der Waals surface area contributed by atoms with Gasteiger partial charge in [0.2, 0.25) is 5.95 Å². The number of hydrogen-bond donors (Lipinski definition) is 2. The monoisotopic (exact) mass is 461 g/mol. The third-order valence-corrected chi connectivity index (χ3v) is 6.32. The number of hydrazone groups is 1. The number of anilines is 2. The molecule has 1 atom stereocenters. The summed E-state index contributed by atoms with van der Waals surface area (Å²) in [6, 6.07) is 9.95. The van der Waals surface area contributed by atoms with Crippen LogP contribution in [0.3, 0.4) is 0 Å². The van der Waals surface area contributed by atoms with E-state index in [0.717, 1.165) is 50.5 Å². The number of rotatable bonds is 7. The Morgan fingerprint density at radius 3 is 2.97 bits per heavy atom. The number of nitrogens with one attached hydrogen (secondary N) is 2. The fourth-order valence-corrected chi connectivity index (χ4v) is 4.54. The lowest BCUT2D eigenvalue weighted by Crippen LogP contribution is -2.38. The van der Waals surface area contributed by atoms with Crippen molar-refractivity contribution in [2.24, 2.45) is 11.0 Å². The first-order chi connectivity index (χ1) is 16.7. The second-order valence-corrected chi connectivity index (χ2v) is 9.02. The second kappa shape index (κ2) is 10.3. The number of ketones is 1. The highest BCUT2D eigenvalue weighted by molar-refractivity contribution is 5.95. The number of fused-ring (bicyclic) bond motifs is 1. The molecule has 9 nitrogen and oxygen atoms in total. The number of piperidine rings is 1. The van der Waals surface area contributed by atoms with Crippen LogP contribution in [0.5, 0.6) is 0 Å². The lowest BCUT2D eigenvalue weighted by atomic mass is 9.93. The Hall–Kier alpha value is -3.30. The molecule has 2 aliphatic heterocycles. The van der Waals surface area contributed by atoms with Crippen molar-refractivity contribution in [2.75, 3.05) is 49.7 Å². The molecule has 2 aliphatic rings. The molecular formula is C25H31N7O2. The van der Waals surface area contributed by atoms with Crippen LogP contribution >= 0.6 is 0 Å². The molecule has 0 saturated carbocycles. The summed E-state index contributed by atoms with van der Waals surface area (Å²) in [5.74, 6) is 1.77. The van der Waals surface area contributed by atoms with Crippen molar-refractivity contribution in [3.8, 4) is 0 Å². The topological polar surface area (TPSA) is 96.1 Å². The zero-order valence-electron chi connectivity index (χ0n) is 19.5. The number of nitrogens with zero attached hydrogens (tertiary/aromatic N) is 5. The van der Waals surface area contributed by atoms with E-state index in [0.29, 0.717) is 42.7 Å². The van der Waals surface area contributed by atoms with E-state index in [1.807, 2.05) is 28.8 Å². The van der Waals surface area contributed by atoms with Gasteiger partial charge in [0.05, 0.1) is 19.4 Å². The molecule has 1 unspecified atom stereocenters. The average molecular weight is 462 g/mol. The summed E-state index contributed by atoms with van der Waals surface area (Å²) in [4.78, 5) is 24.7. The van der Waals surface area contributed by atoms with Crippen LogP contribution in [0.4, 0.5) is 11.8 Å². The number of benzene rings is 1. The van der Waals surface area contributed by atoms with E-state index < -0.39 is 0 Å². The van der Waals surface area contributed by atoms with Crippen molar-refractivity contribution in [1.29, 1.82) is 0 Å². The van der Waals surface area contributed by atoms with Gasteiger partial charge in [-0.3, -0.25) is 14.6 Å². The molecule has 2 aromatic heterocycles. The van der Waals surface area contributed by atoms with Crippen LogP contribution in [0.25, 0.3) is 5.65 Å². The van der Waals surface area contributed by atoms with E-state index in [-0.39, 0.29) is 5.78 Å². The Morgan fingerprint density at radius 2 is 2.18 bits per heavy atom. The molecule has 178 valence electrons. The summed E-state index contributed by atoms with van der Waals surface area (Å²) < 4.78 is 7.43. The number of Topliss-reactive ketones (excluding diaryl/α,β-unsaturated/α-hetero) is 1. The van der Waals surface area contributed by atoms with Gasteiger partial charge < -0.3 is 15.0 Å². The maximum Gasteiger partial charge on any atom is 0.213 e. The highest BCUT2D eigenvalue weighted by Crippen LogP contribution is 2.23. The Balaban J connectivity index is 1.41. The summed E-state index contributed by atoms with van der Waals surface area (Å²) in [5, 5.41) is 7.76. The molecule has 2 fully saturated rings. The number of carbonyl (C=O) groups is 1. The lowest BCUT2D eigenvalue weighted by molar-refractivity contribution is 0.0949. The van der Waals surface area contributed by atoms with Crippen molar-refractivity contribution >= 4 is 29.4 Å². The third-order valence-electron chi connectivity index (χ3n) is 6.32. The van der Waals surface area contributed by atoms with Gasteiger partial charge in [0.1, 0.15) is 11.3 Å². The summed E-state index contributed by atoms with van der Waals surface area (Å²) in [5.41, 5.74) is 6.39. The molecule has 2 N–H and O–H groups in total. The number of aryl methyl sites for hydroxylation is 1. The molecule has 9 heteroatoms. The van der Waals surface area contributed by atoms with E-state index in [2.05, 4.69) is 44.8 Å². The molecular weight excluding hydrogens is 430 g/mol. The van der Waals surface area contributed by atoms with Gasteiger partial charge in [-0.15, -0.1) is 0 Å². The SMILES string of the molecule is Cc1cccc(/C=N/Nc2cc3nc(C(=O)CC4CCCNC4)cn3c(N3CCOCC3)n2)c1. The molecule has 0 bridgehead atoms. The Bertz CT molecular complexity index is 1180. The van der Waals surface area contributed by atoms with Crippen molar-refractivity contribution in [3.05, 3.63) is 53.3 Å². The van der Waals surface area contributed by atoms with Gasteiger partial charge >= 0.3 is 0 Å². The number of hydrogen-bond acceptors (Lipinski definition) is 8. The number of aromatic nitrogens is 3. The van der Waals surface area contributed by atoms with Crippen LogP contribution in [-0.2, 0) is 4.74 Å². The predicted octanol–water partition coefficient (Wildman–Crippen LogP) is 2.89. The fraction of sp³-hybridized carbons (Fsp3) is 0.440. The largest absolute Gasteiger partial charge is 0.378 e. The van der Waals surface area contributed by atoms with Crippen molar-refractivity contribution in [2.45, 2.75) is 26.2 Å². The predicted molar refractivity (Wildman–Crippen MR) is 133 cm³/mol. The smallest absolute Gasteiger partial charge is 0.213 e. The first-order valence-electron chi connectivity index (χ1n) is 12.0. The van der Waals surface area contributed by atoms with Gasteiger partial charge in [0.25, 0.3) is 0 Å². The molecule has 2 saturated heterocycles. The molecule has 0 amide bonds. The van der Waals surface area contributed by atoms with Crippen molar-refractivity contribution < 1.29 is 9.53 Å². The van der Waals surface area contributed by atoms with Gasteiger partial charge in [0.15, 0.2) is 11.6 Å². The number of morpholine rings is 1. The Labute approximate surface area is 199 Å². The Kier molecular flexibility index (Phi) is 6.82. The van der Waals surface area contributed by atoms with Crippen LogP contribution in [0.15, 0.2) is 41.6 Å². The average Bonchev–Trinajstić information content (AvgIpc) is 3.29. The number of imidazole rings is 1. The zero-order valence-corrected chi connectivity index (χ0v) is 19.5. The standard InChI is InChI=1S/C25H31N7O2/c1-18-4-2-5-19(12-18)16-27-30-23-14-24-28-21(22(33)13-20-6-3-7-26-15-20)17-32(24)25(29-23)31-8-10-34-11-9-31/h2,4-5,12,14,16-17,20,26,30H,3,6-11,13,15H2,1H3/b27-16+. The first-order valence-corrected chi connectivity index (χ1v) is 12.0. The molecule has 1 aromatic carbocycles. The van der Waals surface area contributed by atoms with E-state index in [4.69, 9.17) is 9.72 Å². The zero-order chi connectivity index (χ0) is 23.3. The van der Waals surface area contributed by atoms with Gasteiger partial charge in [0, 0.05) is 31.8 Å². The highest BCUT2D eigenvalue weighted by atomic mass is 16.5. The Morgan fingerprint density at radius 1 is 1.29 bits per heavy atom. The molecule has 0 aliphatic carbocycles. The summed E-state index contributed by atoms with van der Waals surface area (Å²) in [7, 11) is 0. The summed E-state index contributed by atoms with van der Waals surface area (Å²) in [6.07, 6.45) is 6.31. The summed E-state index contributed by atoms with van der Waals surface area (Å²) in [6.45, 7) is 6.73. The molecule has 34 heavy (non-hydrogen) atoms. The molecule has 5 rings (SSSR count). The van der Waals surface area contributed by atoms with Crippen LogP contribution in [-0.4, -0.2) is 65.8 Å². The normalized spacial score (nSPS) is 19.1. The van der Waals surface area contributed by atoms with E-state index in [1.54, 1.807) is 6.21 Å². The van der Waals surface area contributed by atoms with E-state index >= 15 is 0 Å². The number of carbonyl (C=O) groups excluding carboxylic acids is 1. The van der Waals surface area contributed by atoms with E-state index in [1.165, 1.54) is 5.56 Å². The van der Waals surface area contributed by atoms with Crippen LogP contribution in [0, 0.1) is 12.8 Å². The molecule has 4 heterocycles. The maximum absolute atomic E-state index is 13.0. The van der Waals surface area contributed by atoms with Crippen LogP contribution < -0.4 is 15.6 Å². The first kappa shape index (κ1) is 22.5. The number of ether oxygens (including phenoxy) is 1. The second-order valence-electron chi connectivity index (χ2n) is 9.02. The quantitative estimate of drug-likeness (QED) is 0.317. The van der Waals surface area contributed by atoms with Crippen LogP contribution in [0.2, 0.25) is 0 Å². The van der Waals surface area contributed by atoms with Gasteiger partial charge in [-0.05, 0) is 44.3 Å². The van der Waals surface area contributed by atoms with Crippen LogP contribution in [0.1, 0.15) is 40.9 Å². The molecule has 3 aromatic rings. The fourth-order valence-electron chi connectivity index (χ4n) is 4.54. The maximum atomic E-state index is 13.0. The van der Waals surface area contributed by atoms with E-state index in [9.17, 15) is 4.79 Å². The highest BCUT2D eigenvalue weighted by Gasteiger charge is 2.22. The van der Waals surface area contributed by atoms with Gasteiger partial charge in [-0.2, -0.15) is 10.1 Å². The lowest BCUT2D eigenvalue weighted by Gasteiger charge is -2.28. The summed E-state index contributed by atoms with van der Waals surface area (Å²) >= 11 is 0.